The van der Waals surface area contributed by atoms with E-state index in [2.05, 4.69) is 20.9 Å². The Hall–Kier alpha value is -1.20. The monoisotopic (exact) mass is 253 g/mol. The Morgan fingerprint density at radius 3 is 3.14 bits per heavy atom. The highest BCUT2D eigenvalue weighted by Gasteiger charge is 2.10. The maximum atomic E-state index is 11.4. The number of imidazole rings is 1. The van der Waals surface area contributed by atoms with Crippen molar-refractivity contribution >= 4 is 27.4 Å². The Kier molecular flexibility index (Phi) is 2.35. The van der Waals surface area contributed by atoms with Crippen LogP contribution in [0.25, 0.3) is 5.65 Å². The lowest BCUT2D eigenvalue weighted by Gasteiger charge is -1.99. The summed E-state index contributed by atoms with van der Waals surface area (Å²) < 4.78 is 2.58. The Balaban J connectivity index is 2.70. The number of ketones is 1. The molecule has 72 valence electrons. The summed E-state index contributed by atoms with van der Waals surface area (Å²) in [7, 11) is 0. The molecule has 2 aromatic rings. The van der Waals surface area contributed by atoms with Crippen molar-refractivity contribution < 1.29 is 4.79 Å². The third kappa shape index (κ3) is 1.34. The number of pyridine rings is 1. The van der Waals surface area contributed by atoms with Gasteiger partial charge in [-0.15, -0.1) is 0 Å². The van der Waals surface area contributed by atoms with Gasteiger partial charge in [0.25, 0.3) is 0 Å². The summed E-state index contributed by atoms with van der Waals surface area (Å²) in [6.07, 6.45) is 3.32. The summed E-state index contributed by atoms with van der Waals surface area (Å²) in [4.78, 5) is 15.5. The minimum Gasteiger partial charge on any atom is -0.324 e. The first kappa shape index (κ1) is 9.36. The normalized spacial score (nSPS) is 10.7. The Morgan fingerprint density at radius 2 is 2.43 bits per heavy atom. The first-order valence-corrected chi connectivity index (χ1v) is 4.88. The first-order valence-electron chi connectivity index (χ1n) is 4.09. The number of nitrogens with zero attached hydrogens (tertiary/aromatic N) is 2. The highest BCUT2D eigenvalue weighted by Crippen LogP contribution is 2.17. The van der Waals surface area contributed by atoms with Gasteiger partial charge >= 0.3 is 0 Å². The summed E-state index contributed by atoms with van der Waals surface area (Å²) in [5, 5.41) is 0. The van der Waals surface area contributed by atoms with Crippen LogP contribution in [0.15, 0.2) is 29.0 Å². The molecule has 0 bridgehead atoms. The van der Waals surface area contributed by atoms with Crippen LogP contribution in [0.1, 0.15) is 10.5 Å². The van der Waals surface area contributed by atoms with E-state index in [4.69, 9.17) is 5.73 Å². The highest BCUT2D eigenvalue weighted by molar-refractivity contribution is 9.10. The van der Waals surface area contributed by atoms with E-state index in [1.54, 1.807) is 10.6 Å². The van der Waals surface area contributed by atoms with Gasteiger partial charge in [0.15, 0.2) is 11.4 Å². The largest absolute Gasteiger partial charge is 0.324 e. The van der Waals surface area contributed by atoms with Gasteiger partial charge in [0.05, 0.1) is 17.2 Å². The number of hydrogen-bond donors (Lipinski definition) is 1. The van der Waals surface area contributed by atoms with Crippen LogP contribution in [0.5, 0.6) is 0 Å². The molecule has 0 radical (unpaired) electrons. The van der Waals surface area contributed by atoms with Gasteiger partial charge in [-0.05, 0) is 28.1 Å². The van der Waals surface area contributed by atoms with Crippen LogP contribution in [0.2, 0.25) is 0 Å². The number of carbonyl (C=O) groups excluding carboxylic acids is 1. The zero-order valence-electron chi connectivity index (χ0n) is 7.27. The van der Waals surface area contributed by atoms with Gasteiger partial charge in [-0.3, -0.25) is 9.20 Å². The van der Waals surface area contributed by atoms with Gasteiger partial charge in [0, 0.05) is 6.20 Å². The lowest BCUT2D eigenvalue weighted by molar-refractivity contribution is 0.0996. The Labute approximate surface area is 88.9 Å². The van der Waals surface area contributed by atoms with Crippen molar-refractivity contribution in [3.05, 3.63) is 34.7 Å². The maximum absolute atomic E-state index is 11.4. The summed E-state index contributed by atoms with van der Waals surface area (Å²) in [6.45, 7) is 0.000304. The third-order valence-corrected chi connectivity index (χ3v) is 2.58. The van der Waals surface area contributed by atoms with Crippen molar-refractivity contribution in [3.8, 4) is 0 Å². The third-order valence-electron chi connectivity index (χ3n) is 1.96. The molecule has 0 atom stereocenters. The second-order valence-electron chi connectivity index (χ2n) is 2.82. The van der Waals surface area contributed by atoms with Crippen molar-refractivity contribution in [2.24, 2.45) is 5.73 Å². The average Bonchev–Trinajstić information content (AvgIpc) is 2.62. The number of fused-ring (bicyclic) bond motifs is 1. The van der Waals surface area contributed by atoms with E-state index in [-0.39, 0.29) is 12.3 Å². The number of halogens is 1. The van der Waals surface area contributed by atoms with Crippen LogP contribution in [0.4, 0.5) is 0 Å². The van der Waals surface area contributed by atoms with Gasteiger partial charge in [-0.2, -0.15) is 0 Å². The van der Waals surface area contributed by atoms with Crippen LogP contribution in [0, 0.1) is 0 Å². The van der Waals surface area contributed by atoms with Crippen molar-refractivity contribution in [2.45, 2.75) is 0 Å². The van der Waals surface area contributed by atoms with Crippen LogP contribution >= 0.6 is 15.9 Å². The molecule has 4 nitrogen and oxygen atoms in total. The standard InChI is InChI=1S/C9H8BrN3O/c10-6-2-1-3-13-7(8(14)4-11)5-12-9(6)13/h1-3,5H,4,11H2. The van der Waals surface area contributed by atoms with E-state index in [0.717, 1.165) is 10.1 Å². The number of rotatable bonds is 2. The molecule has 0 saturated heterocycles. The molecule has 14 heavy (non-hydrogen) atoms. The zero-order chi connectivity index (χ0) is 10.1. The molecule has 2 rings (SSSR count). The quantitative estimate of drug-likeness (QED) is 0.820. The topological polar surface area (TPSA) is 60.4 Å². The van der Waals surface area contributed by atoms with E-state index in [1.165, 1.54) is 6.20 Å². The van der Waals surface area contributed by atoms with Gasteiger partial charge in [-0.25, -0.2) is 4.98 Å². The fourth-order valence-electron chi connectivity index (χ4n) is 1.29. The molecule has 0 aliphatic rings. The molecule has 2 aromatic heterocycles. The van der Waals surface area contributed by atoms with Gasteiger partial charge in [-0.1, -0.05) is 0 Å². The van der Waals surface area contributed by atoms with Crippen LogP contribution < -0.4 is 5.73 Å². The Bertz CT molecular complexity index is 492. The number of aromatic nitrogens is 2. The molecule has 0 amide bonds. The van der Waals surface area contributed by atoms with Crippen LogP contribution in [-0.4, -0.2) is 21.7 Å². The van der Waals surface area contributed by atoms with Crippen molar-refractivity contribution in [2.75, 3.05) is 6.54 Å². The van der Waals surface area contributed by atoms with Crippen molar-refractivity contribution in [1.82, 2.24) is 9.38 Å². The highest BCUT2D eigenvalue weighted by atomic mass is 79.9. The molecule has 0 aliphatic carbocycles. The fraction of sp³-hybridized carbons (Fsp3) is 0.111. The van der Waals surface area contributed by atoms with Gasteiger partial charge in [0.1, 0.15) is 5.69 Å². The average molecular weight is 254 g/mol. The van der Waals surface area contributed by atoms with E-state index < -0.39 is 0 Å². The summed E-state index contributed by atoms with van der Waals surface area (Å²) in [5.41, 5.74) is 6.53. The first-order chi connectivity index (χ1) is 6.74. The minimum absolute atomic E-state index is 0.000304. The van der Waals surface area contributed by atoms with E-state index >= 15 is 0 Å². The van der Waals surface area contributed by atoms with E-state index in [9.17, 15) is 4.79 Å². The molecule has 2 heterocycles. The summed E-state index contributed by atoms with van der Waals surface area (Å²) >= 11 is 3.36. The smallest absolute Gasteiger partial charge is 0.194 e. The predicted octanol–water partition coefficient (Wildman–Crippen LogP) is 1.24. The summed E-state index contributed by atoms with van der Waals surface area (Å²) in [5.74, 6) is -0.115. The zero-order valence-corrected chi connectivity index (χ0v) is 8.86. The molecule has 5 heteroatoms. The molecular weight excluding hydrogens is 246 g/mol. The molecule has 0 spiro atoms. The lowest BCUT2D eigenvalue weighted by atomic mass is 10.3. The van der Waals surface area contributed by atoms with Crippen molar-refractivity contribution in [3.63, 3.8) is 0 Å². The molecule has 2 N–H and O–H groups in total. The van der Waals surface area contributed by atoms with E-state index in [1.807, 2.05) is 12.1 Å². The van der Waals surface area contributed by atoms with Gasteiger partial charge < -0.3 is 5.73 Å². The maximum Gasteiger partial charge on any atom is 0.194 e. The molecule has 0 saturated carbocycles. The number of hydrogen-bond acceptors (Lipinski definition) is 3. The molecular formula is C9H8BrN3O. The van der Waals surface area contributed by atoms with Gasteiger partial charge in [0.2, 0.25) is 0 Å². The minimum atomic E-state index is -0.115. The molecule has 0 aromatic carbocycles. The van der Waals surface area contributed by atoms with Crippen LogP contribution in [0.3, 0.4) is 0 Å². The van der Waals surface area contributed by atoms with Crippen molar-refractivity contribution in [1.29, 1.82) is 0 Å². The van der Waals surface area contributed by atoms with Crippen LogP contribution in [-0.2, 0) is 0 Å². The second-order valence-corrected chi connectivity index (χ2v) is 3.67. The Morgan fingerprint density at radius 1 is 1.64 bits per heavy atom. The van der Waals surface area contributed by atoms with E-state index in [0.29, 0.717) is 5.69 Å². The summed E-state index contributed by atoms with van der Waals surface area (Å²) in [6, 6.07) is 3.71. The predicted molar refractivity (Wildman–Crippen MR) is 56.3 cm³/mol. The number of nitrogens with two attached hydrogens (primary N) is 1. The molecule has 0 unspecified atom stereocenters. The SMILES string of the molecule is NCC(=O)c1cnc2c(Br)cccn12. The molecule has 0 fully saturated rings. The fourth-order valence-corrected chi connectivity index (χ4v) is 1.73. The number of carbonyl (C=O) groups is 1. The second kappa shape index (κ2) is 3.51. The molecule has 0 aliphatic heterocycles. The lowest BCUT2D eigenvalue weighted by Crippen LogP contribution is -2.15. The number of Topliss-reactive ketones (excluding diaryl/α,β-unsaturated/α-hetero) is 1.